The second-order valence-corrected chi connectivity index (χ2v) is 12.5. The van der Waals surface area contributed by atoms with Gasteiger partial charge in [-0.05, 0) is 72.7 Å². The van der Waals surface area contributed by atoms with Gasteiger partial charge >= 0.3 is 12.2 Å². The molecule has 3 heterocycles. The Morgan fingerprint density at radius 1 is 1.04 bits per heavy atom. The monoisotopic (exact) mass is 698 g/mol. The maximum Gasteiger partial charge on any atom is 0.586 e. The fraction of sp³-hybridized carbons (Fsp3) is 0.265. The van der Waals surface area contributed by atoms with Crippen LogP contribution < -0.4 is 14.8 Å². The lowest BCUT2D eigenvalue weighted by Gasteiger charge is -2.14. The van der Waals surface area contributed by atoms with Crippen LogP contribution in [0.25, 0.3) is 45.0 Å². The zero-order chi connectivity index (χ0) is 34.8. The molecule has 9 nitrogen and oxygen atoms in total. The number of fused-ring (bicyclic) bond motifs is 1. The molecule has 0 spiro atoms. The number of oxazole rings is 1. The van der Waals surface area contributed by atoms with E-state index in [9.17, 15) is 18.7 Å². The molecule has 0 saturated heterocycles. The molecule has 0 atom stereocenters. The normalized spacial score (nSPS) is 15.1. The van der Waals surface area contributed by atoms with Gasteiger partial charge in [-0.2, -0.15) is 13.9 Å². The van der Waals surface area contributed by atoms with E-state index in [2.05, 4.69) is 24.9 Å². The molecule has 1 aliphatic carbocycles. The molecule has 1 amide bonds. The van der Waals surface area contributed by atoms with Gasteiger partial charge in [-0.25, -0.2) is 9.37 Å². The van der Waals surface area contributed by atoms with E-state index in [1.165, 1.54) is 47.8 Å². The van der Waals surface area contributed by atoms with Gasteiger partial charge in [-0.15, -0.1) is 20.5 Å². The molecule has 15 heteroatoms. The number of aryl methyl sites for hydroxylation is 2. The number of benzene rings is 3. The molecule has 49 heavy (non-hydrogen) atoms. The van der Waals surface area contributed by atoms with Crippen molar-refractivity contribution >= 4 is 17.7 Å². The van der Waals surface area contributed by atoms with E-state index in [0.717, 1.165) is 6.07 Å². The average molecular weight is 699 g/mol. The van der Waals surface area contributed by atoms with Crippen molar-refractivity contribution in [2.45, 2.75) is 49.5 Å². The number of thioether (sulfide) groups is 1. The number of halogens is 5. The van der Waals surface area contributed by atoms with Gasteiger partial charge < -0.3 is 24.3 Å². The zero-order valence-electron chi connectivity index (χ0n) is 26.1. The van der Waals surface area contributed by atoms with Gasteiger partial charge in [-0.3, -0.25) is 9.48 Å². The van der Waals surface area contributed by atoms with Crippen LogP contribution in [0.2, 0.25) is 0 Å². The van der Waals surface area contributed by atoms with E-state index in [-0.39, 0.29) is 46.1 Å². The van der Waals surface area contributed by atoms with E-state index < -0.39 is 36.2 Å². The highest BCUT2D eigenvalue weighted by molar-refractivity contribution is 7.98. The van der Waals surface area contributed by atoms with Crippen molar-refractivity contribution in [3.05, 3.63) is 77.6 Å². The van der Waals surface area contributed by atoms with Crippen LogP contribution >= 0.6 is 11.8 Å². The van der Waals surface area contributed by atoms with Crippen LogP contribution in [0.1, 0.15) is 30.0 Å². The summed E-state index contributed by atoms with van der Waals surface area (Å²) in [6, 6.07) is 12.8. The highest BCUT2D eigenvalue weighted by atomic mass is 32.2. The Hall–Kier alpha value is -4.89. The Balaban J connectivity index is 1.40. The molecule has 2 N–H and O–H groups in total. The van der Waals surface area contributed by atoms with Crippen LogP contribution in [0.15, 0.2) is 63.9 Å². The molecule has 1 aliphatic heterocycles. The lowest BCUT2D eigenvalue weighted by molar-refractivity contribution is -0.286. The quantitative estimate of drug-likeness (QED) is 0.121. The summed E-state index contributed by atoms with van der Waals surface area (Å²) in [5.41, 5.74) is 1.69. The van der Waals surface area contributed by atoms with Gasteiger partial charge in [0.05, 0.1) is 12.3 Å². The first-order valence-electron chi connectivity index (χ1n) is 15.0. The van der Waals surface area contributed by atoms with Crippen LogP contribution in [-0.2, 0) is 24.4 Å². The zero-order valence-corrected chi connectivity index (χ0v) is 26.9. The summed E-state index contributed by atoms with van der Waals surface area (Å²) in [6.45, 7) is 1.08. The average Bonchev–Trinajstić information content (AvgIpc) is 3.51. The van der Waals surface area contributed by atoms with Crippen LogP contribution in [0.4, 0.5) is 22.0 Å². The summed E-state index contributed by atoms with van der Waals surface area (Å²) < 4.78 is 89.9. The van der Waals surface area contributed by atoms with Gasteiger partial charge in [0, 0.05) is 47.2 Å². The Bertz CT molecular complexity index is 2130. The summed E-state index contributed by atoms with van der Waals surface area (Å²) in [5.74, 6) is -6.07. The number of hydrogen-bond acceptors (Lipinski definition) is 8. The summed E-state index contributed by atoms with van der Waals surface area (Å²) in [6.07, 6.45) is -0.852. The van der Waals surface area contributed by atoms with E-state index in [0.29, 0.717) is 45.6 Å². The first kappa shape index (κ1) is 32.6. The number of aliphatic hydroxyl groups is 1. The van der Waals surface area contributed by atoms with Crippen LogP contribution in [-0.4, -0.2) is 44.4 Å². The number of rotatable bonds is 9. The number of amides is 1. The van der Waals surface area contributed by atoms with E-state index in [1.807, 2.05) is 0 Å². The Morgan fingerprint density at radius 2 is 1.78 bits per heavy atom. The third-order valence-corrected chi connectivity index (χ3v) is 9.02. The molecule has 3 aromatic carbocycles. The summed E-state index contributed by atoms with van der Waals surface area (Å²) in [5, 5.41) is 16.0. The highest BCUT2D eigenvalue weighted by Crippen LogP contribution is 2.46. The molecule has 7 rings (SSSR count). The number of carbonyl (C=O) groups excluding carboxylic acids is 1. The van der Waals surface area contributed by atoms with Gasteiger partial charge in [-0.1, -0.05) is 12.1 Å². The molecule has 1 fully saturated rings. The number of aliphatic hydroxyl groups excluding tert-OH is 1. The minimum Gasteiger partial charge on any atom is -0.440 e. The fourth-order valence-corrected chi connectivity index (χ4v) is 6.30. The predicted octanol–water partition coefficient (Wildman–Crippen LogP) is 7.43. The number of hydrogen-bond donors (Lipinski definition) is 2. The third-order valence-electron chi connectivity index (χ3n) is 8.21. The van der Waals surface area contributed by atoms with Gasteiger partial charge in [0.1, 0.15) is 17.2 Å². The van der Waals surface area contributed by atoms with Crippen LogP contribution in [0.3, 0.4) is 0 Å². The van der Waals surface area contributed by atoms with Crippen molar-refractivity contribution in [3.63, 3.8) is 0 Å². The third kappa shape index (κ3) is 6.01. The number of ether oxygens (including phenoxy) is 2. The second-order valence-electron chi connectivity index (χ2n) is 11.7. The number of carbonyl (C=O) groups is 1. The van der Waals surface area contributed by atoms with Crippen molar-refractivity contribution in [3.8, 4) is 56.5 Å². The fourth-order valence-electron chi connectivity index (χ4n) is 5.64. The lowest BCUT2D eigenvalue weighted by Crippen LogP contribution is -2.39. The van der Waals surface area contributed by atoms with Crippen molar-refractivity contribution in [1.82, 2.24) is 20.1 Å². The Labute approximate surface area is 280 Å². The second kappa shape index (κ2) is 11.9. The van der Waals surface area contributed by atoms with E-state index in [1.54, 1.807) is 37.4 Å². The van der Waals surface area contributed by atoms with Crippen molar-refractivity contribution < 1.29 is 45.7 Å². The minimum atomic E-state index is -3.93. The smallest absolute Gasteiger partial charge is 0.440 e. The first-order chi connectivity index (χ1) is 23.3. The topological polar surface area (TPSA) is 112 Å². The molecule has 1 saturated carbocycles. The largest absolute Gasteiger partial charge is 0.586 e. The number of alkyl halides is 4. The van der Waals surface area contributed by atoms with Gasteiger partial charge in [0.15, 0.2) is 23.1 Å². The number of nitrogens with zero attached hydrogens (tertiary/aromatic N) is 3. The number of aromatic nitrogens is 3. The van der Waals surface area contributed by atoms with Gasteiger partial charge in [0.2, 0.25) is 0 Å². The van der Waals surface area contributed by atoms with Crippen molar-refractivity contribution in [1.29, 1.82) is 0 Å². The molecule has 0 bridgehead atoms. The molecule has 5 aromatic rings. The highest BCUT2D eigenvalue weighted by Gasteiger charge is 2.46. The minimum absolute atomic E-state index is 0.138. The number of nitrogens with one attached hydrogen (secondary N) is 1. The molecule has 2 aliphatic rings. The Morgan fingerprint density at radius 3 is 2.49 bits per heavy atom. The van der Waals surface area contributed by atoms with Gasteiger partial charge in [0.25, 0.3) is 5.91 Å². The predicted molar refractivity (Wildman–Crippen MR) is 169 cm³/mol. The SMILES string of the molecule is CSc1cc(-c2ccc(-c3cc(C(F)(F)C(=O)NC4CC4)nn3C)c(-c3oc(C)nc3-c3ccc4c(c3)OC(F)(F)O4)c2)cc(F)c1CO. The summed E-state index contributed by atoms with van der Waals surface area (Å²) in [4.78, 5) is 17.5. The molecule has 254 valence electrons. The molecule has 2 aromatic heterocycles. The summed E-state index contributed by atoms with van der Waals surface area (Å²) >= 11 is 1.25. The van der Waals surface area contributed by atoms with Crippen LogP contribution in [0, 0.1) is 12.7 Å². The maximum atomic E-state index is 15.3. The molecular weight excluding hydrogens is 671 g/mol. The molecule has 0 unspecified atom stereocenters. The molecular formula is C34H27F5N4O5S. The van der Waals surface area contributed by atoms with Crippen molar-refractivity contribution in [2.24, 2.45) is 7.05 Å². The summed E-state index contributed by atoms with van der Waals surface area (Å²) in [7, 11) is 1.45. The Kier molecular flexibility index (Phi) is 7.94. The van der Waals surface area contributed by atoms with Crippen LogP contribution in [0.5, 0.6) is 11.5 Å². The molecule has 0 radical (unpaired) electrons. The standard InChI is InChI=1S/C34H27F5N4O5S/c1-16-40-30(18-5-9-26-27(12-18)48-34(38,39)47-26)31(46-16)22-10-17(19-11-24(35)23(15-44)28(13-19)49-3)4-8-21(22)25-14-29(42-43(25)2)33(36,37)32(45)41-20-6-7-20/h4-5,8-14,20,44H,6-7,15H2,1-3H3,(H,41,45). The van der Waals surface area contributed by atoms with E-state index in [4.69, 9.17) is 4.42 Å². The lowest BCUT2D eigenvalue weighted by atomic mass is 9.93. The first-order valence-corrected chi connectivity index (χ1v) is 16.2. The maximum absolute atomic E-state index is 15.3. The van der Waals surface area contributed by atoms with E-state index >= 15 is 13.2 Å². The van der Waals surface area contributed by atoms with Crippen molar-refractivity contribution in [2.75, 3.05) is 6.26 Å².